The highest BCUT2D eigenvalue weighted by molar-refractivity contribution is 7.99. The number of aromatic nitrogens is 3. The van der Waals surface area contributed by atoms with E-state index in [1.807, 2.05) is 10.6 Å². The Hall–Kier alpha value is -2.23. The summed E-state index contributed by atoms with van der Waals surface area (Å²) in [6.45, 7) is 4.86. The van der Waals surface area contributed by atoms with Crippen LogP contribution in [0, 0.1) is 5.92 Å². The summed E-state index contributed by atoms with van der Waals surface area (Å²) < 4.78 is 7.95. The number of ether oxygens (including phenoxy) is 1. The van der Waals surface area contributed by atoms with Crippen LogP contribution < -0.4 is 10.9 Å². The molecule has 2 aliphatic rings. The van der Waals surface area contributed by atoms with Crippen LogP contribution in [0.15, 0.2) is 34.3 Å². The number of thiophene rings is 1. The molecule has 34 heavy (non-hydrogen) atoms. The highest BCUT2D eigenvalue weighted by atomic mass is 32.2. The highest BCUT2D eigenvalue weighted by Crippen LogP contribution is 2.37. The molecule has 1 aliphatic carbocycles. The molecule has 1 atom stereocenters. The van der Waals surface area contributed by atoms with Gasteiger partial charge < -0.3 is 10.1 Å². The van der Waals surface area contributed by atoms with Crippen molar-refractivity contribution in [2.24, 2.45) is 5.92 Å². The molecule has 9 heteroatoms. The van der Waals surface area contributed by atoms with E-state index in [0.29, 0.717) is 23.5 Å². The average molecular weight is 499 g/mol. The van der Waals surface area contributed by atoms with Gasteiger partial charge in [0, 0.05) is 23.5 Å². The van der Waals surface area contributed by atoms with Crippen molar-refractivity contribution in [3.63, 3.8) is 0 Å². The summed E-state index contributed by atoms with van der Waals surface area (Å²) >= 11 is 2.90. The molecule has 0 aromatic carbocycles. The Bertz CT molecular complexity index is 1230. The Labute approximate surface area is 207 Å². The van der Waals surface area contributed by atoms with E-state index in [9.17, 15) is 9.59 Å². The van der Waals surface area contributed by atoms with Gasteiger partial charge in [0.2, 0.25) is 5.91 Å². The second kappa shape index (κ2) is 10.2. The lowest BCUT2D eigenvalue weighted by molar-refractivity contribution is -0.113. The quantitative estimate of drug-likeness (QED) is 0.372. The molecule has 1 saturated carbocycles. The number of fused-ring (bicyclic) bond motifs is 3. The van der Waals surface area contributed by atoms with Crippen molar-refractivity contribution < 1.29 is 9.53 Å². The van der Waals surface area contributed by atoms with Gasteiger partial charge in [0.05, 0.1) is 23.8 Å². The fourth-order valence-corrected chi connectivity index (χ4v) is 6.89. The van der Waals surface area contributed by atoms with Crippen molar-refractivity contribution in [1.82, 2.24) is 14.5 Å². The molecule has 180 valence electrons. The van der Waals surface area contributed by atoms with Crippen molar-refractivity contribution >= 4 is 45.0 Å². The van der Waals surface area contributed by atoms with Gasteiger partial charge in [-0.3, -0.25) is 14.2 Å². The van der Waals surface area contributed by atoms with Crippen LogP contribution in [0.3, 0.4) is 0 Å². The van der Waals surface area contributed by atoms with E-state index in [1.165, 1.54) is 18.2 Å². The van der Waals surface area contributed by atoms with Crippen molar-refractivity contribution in [3.05, 3.63) is 45.2 Å². The summed E-state index contributed by atoms with van der Waals surface area (Å²) in [4.78, 5) is 37.5. The molecule has 0 bridgehead atoms. The molecule has 1 amide bonds. The van der Waals surface area contributed by atoms with Crippen LogP contribution in [0.1, 0.15) is 62.4 Å². The van der Waals surface area contributed by atoms with E-state index >= 15 is 0 Å². The molecule has 7 nitrogen and oxygen atoms in total. The summed E-state index contributed by atoms with van der Waals surface area (Å²) in [5, 5.41) is 4.22. The predicted molar refractivity (Wildman–Crippen MR) is 137 cm³/mol. The predicted octanol–water partition coefficient (Wildman–Crippen LogP) is 5.19. The summed E-state index contributed by atoms with van der Waals surface area (Å²) in [6.07, 6.45) is 7.91. The number of pyridine rings is 1. The third-order valence-corrected chi connectivity index (χ3v) is 8.74. The maximum absolute atomic E-state index is 14.0. The van der Waals surface area contributed by atoms with E-state index < -0.39 is 0 Å². The molecule has 5 rings (SSSR count). The van der Waals surface area contributed by atoms with Gasteiger partial charge in [-0.1, -0.05) is 50.9 Å². The SMILES string of the molecule is CC(C)C1Cc2c(sc3nc(SCC(=O)Nc4ccccn4)n(C4CCCCC4)c(=O)c23)CO1. The van der Waals surface area contributed by atoms with Crippen molar-refractivity contribution in [2.75, 3.05) is 11.1 Å². The second-order valence-corrected chi connectivity index (χ2v) is 11.4. The molecule has 1 unspecified atom stereocenters. The first-order valence-electron chi connectivity index (χ1n) is 12.0. The van der Waals surface area contributed by atoms with Gasteiger partial charge in [0.25, 0.3) is 5.56 Å². The van der Waals surface area contributed by atoms with Crippen molar-refractivity contribution in [2.45, 2.75) is 76.3 Å². The number of thioether (sulfide) groups is 1. The number of nitrogens with zero attached hydrogens (tertiary/aromatic N) is 3. The Morgan fingerprint density at radius 3 is 2.85 bits per heavy atom. The van der Waals surface area contributed by atoms with E-state index in [0.717, 1.165) is 52.8 Å². The zero-order valence-electron chi connectivity index (χ0n) is 19.6. The number of hydrogen-bond donors (Lipinski definition) is 1. The number of hydrogen-bond acceptors (Lipinski definition) is 7. The molecule has 3 aromatic heterocycles. The van der Waals surface area contributed by atoms with Gasteiger partial charge in [0.15, 0.2) is 5.16 Å². The Balaban J connectivity index is 1.49. The number of carbonyl (C=O) groups is 1. The molecule has 0 saturated heterocycles. The minimum atomic E-state index is -0.160. The van der Waals surface area contributed by atoms with E-state index in [-0.39, 0.29) is 29.4 Å². The van der Waals surface area contributed by atoms with Gasteiger partial charge in [-0.15, -0.1) is 11.3 Å². The smallest absolute Gasteiger partial charge is 0.263 e. The maximum Gasteiger partial charge on any atom is 0.263 e. The van der Waals surface area contributed by atoms with Crippen LogP contribution in [-0.2, 0) is 22.6 Å². The van der Waals surface area contributed by atoms with Crippen LogP contribution >= 0.6 is 23.1 Å². The lowest BCUT2D eigenvalue weighted by Crippen LogP contribution is -2.31. The first kappa shape index (κ1) is 23.5. The first-order chi connectivity index (χ1) is 16.5. The molecule has 3 aromatic rings. The third-order valence-electron chi connectivity index (χ3n) is 6.69. The fraction of sp³-hybridized carbons (Fsp3) is 0.520. The molecular formula is C25H30N4O3S2. The van der Waals surface area contributed by atoms with E-state index in [1.54, 1.807) is 29.7 Å². The Morgan fingerprint density at radius 2 is 2.12 bits per heavy atom. The summed E-state index contributed by atoms with van der Waals surface area (Å²) in [7, 11) is 0. The van der Waals surface area contributed by atoms with Gasteiger partial charge in [-0.05, 0) is 36.5 Å². The second-order valence-electron chi connectivity index (χ2n) is 9.39. The highest BCUT2D eigenvalue weighted by Gasteiger charge is 2.30. The van der Waals surface area contributed by atoms with Crippen molar-refractivity contribution in [3.8, 4) is 0 Å². The van der Waals surface area contributed by atoms with E-state index in [2.05, 4.69) is 24.1 Å². The lowest BCUT2D eigenvalue weighted by atomic mass is 9.94. The number of rotatable bonds is 6. The minimum absolute atomic E-state index is 0.0476. The topological polar surface area (TPSA) is 86.1 Å². The molecular weight excluding hydrogens is 468 g/mol. The summed E-state index contributed by atoms with van der Waals surface area (Å²) in [5.41, 5.74) is 1.17. The maximum atomic E-state index is 14.0. The minimum Gasteiger partial charge on any atom is -0.372 e. The zero-order valence-corrected chi connectivity index (χ0v) is 21.2. The standard InChI is InChI=1S/C25H30N4O3S2/c1-15(2)18-12-17-19(13-32-18)34-23-22(17)24(31)29(16-8-4-3-5-9-16)25(28-23)33-14-21(30)27-20-10-6-7-11-26-20/h6-7,10-11,15-16,18H,3-5,8-9,12-14H2,1-2H3,(H,26,27,30). The number of amides is 1. The molecule has 0 spiro atoms. The molecule has 4 heterocycles. The van der Waals surface area contributed by atoms with Crippen LogP contribution in [-0.4, -0.2) is 32.3 Å². The molecule has 1 N–H and O–H groups in total. The number of carbonyl (C=O) groups excluding carboxylic acids is 1. The van der Waals surface area contributed by atoms with Crippen LogP contribution in [0.2, 0.25) is 0 Å². The number of nitrogens with one attached hydrogen (secondary N) is 1. The monoisotopic (exact) mass is 498 g/mol. The van der Waals surface area contributed by atoms with Crippen molar-refractivity contribution in [1.29, 1.82) is 0 Å². The molecule has 1 fully saturated rings. The van der Waals surface area contributed by atoms with Gasteiger partial charge in [-0.2, -0.15) is 0 Å². The molecule has 0 radical (unpaired) electrons. The fourth-order valence-electron chi connectivity index (χ4n) is 4.86. The zero-order chi connectivity index (χ0) is 23.7. The van der Waals surface area contributed by atoms with Gasteiger partial charge in [0.1, 0.15) is 10.6 Å². The third kappa shape index (κ3) is 4.78. The van der Waals surface area contributed by atoms with E-state index in [4.69, 9.17) is 9.72 Å². The van der Waals surface area contributed by atoms with Crippen LogP contribution in [0.4, 0.5) is 5.82 Å². The summed E-state index contributed by atoms with van der Waals surface area (Å²) in [6, 6.07) is 5.53. The Morgan fingerprint density at radius 1 is 1.29 bits per heavy atom. The largest absolute Gasteiger partial charge is 0.372 e. The summed E-state index contributed by atoms with van der Waals surface area (Å²) in [5.74, 6) is 0.924. The molecule has 1 aliphatic heterocycles. The normalized spacial score (nSPS) is 18.9. The van der Waals surface area contributed by atoms with Gasteiger partial charge >= 0.3 is 0 Å². The average Bonchev–Trinajstić information content (AvgIpc) is 3.22. The lowest BCUT2D eigenvalue weighted by Gasteiger charge is -2.27. The van der Waals surface area contributed by atoms with Crippen LogP contribution in [0.5, 0.6) is 0 Å². The Kier molecular flexibility index (Phi) is 7.04. The first-order valence-corrected chi connectivity index (χ1v) is 13.8. The van der Waals surface area contributed by atoms with Crippen LogP contribution in [0.25, 0.3) is 10.2 Å². The number of anilines is 1. The van der Waals surface area contributed by atoms with Gasteiger partial charge in [-0.25, -0.2) is 9.97 Å².